The van der Waals surface area contributed by atoms with E-state index in [1.807, 2.05) is 0 Å². The number of hydrogen-bond donors (Lipinski definition) is 2. The molecule has 0 amide bonds. The molecule has 0 heterocycles. The molecule has 0 fully saturated rings. The maximum Gasteiger partial charge on any atom is 0.363 e. The second-order valence-electron chi connectivity index (χ2n) is 7.18. The maximum absolute atomic E-state index is 13.6. The third kappa shape index (κ3) is 6.80. The minimum atomic E-state index is -4.13. The van der Waals surface area contributed by atoms with Gasteiger partial charge >= 0.3 is 7.60 Å². The van der Waals surface area contributed by atoms with Crippen molar-refractivity contribution in [1.82, 2.24) is 0 Å². The lowest BCUT2D eigenvalue weighted by atomic mass is 10.3. The Kier molecular flexibility index (Phi) is 9.11. The summed E-state index contributed by atoms with van der Waals surface area (Å²) in [5.41, 5.74) is -0.0985. The molecule has 0 aliphatic heterocycles. The summed E-state index contributed by atoms with van der Waals surface area (Å²) < 4.78 is 80.9. The van der Waals surface area contributed by atoms with Crippen LogP contribution in [0.3, 0.4) is 0 Å². The number of hydrogen-bond acceptors (Lipinski definition) is 7. The van der Waals surface area contributed by atoms with Gasteiger partial charge in [0, 0.05) is 15.7 Å². The van der Waals surface area contributed by atoms with Crippen LogP contribution in [0, 0.1) is 0 Å². The summed E-state index contributed by atoms with van der Waals surface area (Å²) in [5.74, 6) is 0. The molecule has 3 aromatic rings. The van der Waals surface area contributed by atoms with E-state index in [4.69, 9.17) is 32.2 Å². The van der Waals surface area contributed by atoms with Gasteiger partial charge in [0.1, 0.15) is 0 Å². The summed E-state index contributed by atoms with van der Waals surface area (Å²) in [5, 5.41) is 0.548. The first kappa shape index (κ1) is 28.5. The second kappa shape index (κ2) is 11.5. The van der Waals surface area contributed by atoms with Gasteiger partial charge in [-0.15, -0.1) is 0 Å². The maximum atomic E-state index is 13.6. The average Bonchev–Trinajstić information content (AvgIpc) is 2.80. The van der Waals surface area contributed by atoms with Gasteiger partial charge in [-0.25, -0.2) is 16.8 Å². The fraction of sp³-hybridized carbons (Fsp3) is 0.182. The van der Waals surface area contributed by atoms with Crippen LogP contribution < -0.4 is 14.7 Å². The molecule has 14 heteroatoms. The first-order chi connectivity index (χ1) is 16.9. The zero-order valence-corrected chi connectivity index (χ0v) is 23.2. The molecule has 36 heavy (non-hydrogen) atoms. The standard InChI is InChI=1S/C22H23Cl2N2O7PS2/c1-3-32-34(27,33-4-2)22-15-18(25-35(28,29)19-10-5-16(23)6-11-19)9-14-21(22)26-36(30,31)20-12-7-17(24)8-13-20/h5-15,25-26H,3-4H2,1-2H3. The van der Waals surface area contributed by atoms with Crippen molar-refractivity contribution in [3.05, 3.63) is 76.8 Å². The molecule has 3 aromatic carbocycles. The molecule has 0 spiro atoms. The van der Waals surface area contributed by atoms with Crippen molar-refractivity contribution in [3.8, 4) is 0 Å². The first-order valence-electron chi connectivity index (χ1n) is 10.5. The highest BCUT2D eigenvalue weighted by Gasteiger charge is 2.32. The molecule has 0 radical (unpaired) electrons. The summed E-state index contributed by atoms with van der Waals surface area (Å²) in [4.78, 5) is -0.146. The van der Waals surface area contributed by atoms with E-state index in [2.05, 4.69) is 9.44 Å². The Labute approximate surface area is 220 Å². The van der Waals surface area contributed by atoms with Gasteiger partial charge in [0.25, 0.3) is 20.0 Å². The molecule has 2 N–H and O–H groups in total. The Bertz CT molecular complexity index is 1470. The van der Waals surface area contributed by atoms with E-state index in [9.17, 15) is 21.4 Å². The zero-order chi connectivity index (χ0) is 26.6. The normalized spacial score (nSPS) is 12.3. The van der Waals surface area contributed by atoms with Crippen molar-refractivity contribution >= 4 is 67.5 Å². The van der Waals surface area contributed by atoms with Gasteiger partial charge in [-0.1, -0.05) is 23.2 Å². The van der Waals surface area contributed by atoms with Gasteiger partial charge in [-0.3, -0.25) is 14.0 Å². The third-order valence-electron chi connectivity index (χ3n) is 4.64. The molecule has 0 saturated heterocycles. The number of sulfonamides is 2. The average molecular weight is 593 g/mol. The van der Waals surface area contributed by atoms with E-state index in [-0.39, 0.29) is 39.7 Å². The van der Waals surface area contributed by atoms with Crippen LogP contribution in [0.25, 0.3) is 0 Å². The first-order valence-corrected chi connectivity index (χ1v) is 15.8. The van der Waals surface area contributed by atoms with Crippen LogP contribution in [0.4, 0.5) is 11.4 Å². The molecule has 0 bridgehead atoms. The van der Waals surface area contributed by atoms with E-state index >= 15 is 0 Å². The smallest absolute Gasteiger partial charge is 0.305 e. The summed E-state index contributed by atoms with van der Waals surface area (Å²) in [6.45, 7) is 3.16. The van der Waals surface area contributed by atoms with Crippen LogP contribution in [0.2, 0.25) is 10.0 Å². The van der Waals surface area contributed by atoms with Crippen molar-refractivity contribution in [1.29, 1.82) is 0 Å². The third-order valence-corrected chi connectivity index (χ3v) is 10.1. The Morgan fingerprint density at radius 1 is 0.722 bits per heavy atom. The molecule has 194 valence electrons. The highest BCUT2D eigenvalue weighted by molar-refractivity contribution is 7.93. The second-order valence-corrected chi connectivity index (χ2v) is 13.4. The predicted molar refractivity (Wildman–Crippen MR) is 141 cm³/mol. The van der Waals surface area contributed by atoms with Crippen molar-refractivity contribution < 1.29 is 30.4 Å². The molecule has 0 aliphatic rings. The molecule has 0 aliphatic carbocycles. The Morgan fingerprint density at radius 2 is 1.17 bits per heavy atom. The van der Waals surface area contributed by atoms with Crippen LogP contribution in [0.5, 0.6) is 0 Å². The van der Waals surface area contributed by atoms with Gasteiger partial charge in [0.15, 0.2) is 0 Å². The quantitative estimate of drug-likeness (QED) is 0.282. The summed E-state index contributed by atoms with van der Waals surface area (Å²) >= 11 is 11.7. The van der Waals surface area contributed by atoms with Gasteiger partial charge in [0.2, 0.25) is 0 Å². The van der Waals surface area contributed by atoms with Crippen LogP contribution >= 0.6 is 30.8 Å². The Hall–Kier alpha value is -2.11. The number of anilines is 2. The van der Waals surface area contributed by atoms with Crippen molar-refractivity contribution in [2.75, 3.05) is 22.7 Å². The van der Waals surface area contributed by atoms with Crippen LogP contribution in [-0.2, 0) is 33.7 Å². The van der Waals surface area contributed by atoms with Crippen molar-refractivity contribution in [2.24, 2.45) is 0 Å². The molecule has 0 atom stereocenters. The largest absolute Gasteiger partial charge is 0.363 e. The van der Waals surface area contributed by atoms with E-state index in [1.54, 1.807) is 13.8 Å². The summed E-state index contributed by atoms with van der Waals surface area (Å²) in [6, 6.07) is 14.7. The van der Waals surface area contributed by atoms with Crippen LogP contribution in [-0.4, -0.2) is 30.0 Å². The fourth-order valence-electron chi connectivity index (χ4n) is 3.07. The lowest BCUT2D eigenvalue weighted by Gasteiger charge is -2.22. The van der Waals surface area contributed by atoms with E-state index in [1.165, 1.54) is 66.7 Å². The van der Waals surface area contributed by atoms with Gasteiger partial charge in [-0.2, -0.15) is 0 Å². The Balaban J connectivity index is 2.07. The van der Waals surface area contributed by atoms with E-state index < -0.39 is 27.6 Å². The predicted octanol–water partition coefficient (Wildman–Crippen LogP) is 5.49. The molecule has 0 saturated carbocycles. The minimum Gasteiger partial charge on any atom is -0.305 e. The zero-order valence-electron chi connectivity index (χ0n) is 19.1. The summed E-state index contributed by atoms with van der Waals surface area (Å²) in [6.07, 6.45) is 0. The lowest BCUT2D eigenvalue weighted by Crippen LogP contribution is -2.22. The molecule has 3 rings (SSSR count). The number of rotatable bonds is 11. The molecule has 9 nitrogen and oxygen atoms in total. The molecule has 0 aromatic heterocycles. The van der Waals surface area contributed by atoms with Crippen LogP contribution in [0.1, 0.15) is 13.8 Å². The fourth-order valence-corrected chi connectivity index (χ4v) is 7.28. The Morgan fingerprint density at radius 3 is 1.61 bits per heavy atom. The molecule has 0 unspecified atom stereocenters. The van der Waals surface area contributed by atoms with Gasteiger partial charge < -0.3 is 9.05 Å². The van der Waals surface area contributed by atoms with Crippen LogP contribution in [0.15, 0.2) is 76.5 Å². The highest BCUT2D eigenvalue weighted by Crippen LogP contribution is 2.49. The van der Waals surface area contributed by atoms with E-state index in [0.29, 0.717) is 10.0 Å². The lowest BCUT2D eigenvalue weighted by molar-refractivity contribution is 0.230. The van der Waals surface area contributed by atoms with Crippen molar-refractivity contribution in [3.63, 3.8) is 0 Å². The van der Waals surface area contributed by atoms with Gasteiger partial charge in [-0.05, 0) is 80.6 Å². The van der Waals surface area contributed by atoms with Crippen molar-refractivity contribution in [2.45, 2.75) is 23.6 Å². The molecular weight excluding hydrogens is 570 g/mol. The summed E-state index contributed by atoms with van der Waals surface area (Å²) in [7, 11) is -12.2. The topological polar surface area (TPSA) is 128 Å². The molecular formula is C22H23Cl2N2O7PS2. The number of benzene rings is 3. The monoisotopic (exact) mass is 592 g/mol. The number of halogens is 2. The number of nitrogens with one attached hydrogen (secondary N) is 2. The van der Waals surface area contributed by atoms with E-state index in [0.717, 1.165) is 0 Å². The SMILES string of the molecule is CCOP(=O)(OCC)c1cc(NS(=O)(=O)c2ccc(Cl)cc2)ccc1NS(=O)(=O)c1ccc(Cl)cc1. The minimum absolute atomic E-state index is 0.00835. The van der Waals surface area contributed by atoms with Gasteiger partial charge in [0.05, 0.1) is 34.0 Å². The highest BCUT2D eigenvalue weighted by atomic mass is 35.5.